The van der Waals surface area contributed by atoms with Gasteiger partial charge in [0, 0.05) is 25.0 Å². The van der Waals surface area contributed by atoms with E-state index < -0.39 is 5.97 Å². The molecule has 0 radical (unpaired) electrons. The van der Waals surface area contributed by atoms with Gasteiger partial charge in [0.2, 0.25) is 0 Å². The van der Waals surface area contributed by atoms with E-state index in [0.29, 0.717) is 22.9 Å². The molecular weight excluding hydrogens is 405 g/mol. The van der Waals surface area contributed by atoms with Gasteiger partial charge in [-0.15, -0.1) is 11.3 Å². The van der Waals surface area contributed by atoms with Gasteiger partial charge < -0.3 is 9.64 Å². The van der Waals surface area contributed by atoms with Crippen LogP contribution in [0.2, 0.25) is 0 Å². The third-order valence-corrected chi connectivity index (χ3v) is 5.80. The van der Waals surface area contributed by atoms with Gasteiger partial charge in [-0.05, 0) is 43.5 Å². The number of benzene rings is 1. The van der Waals surface area contributed by atoms with Crippen LogP contribution in [-0.4, -0.2) is 39.7 Å². The minimum atomic E-state index is -0.526. The highest BCUT2D eigenvalue weighted by Gasteiger charge is 2.20. The number of hydrogen-bond acceptors (Lipinski definition) is 5. The highest BCUT2D eigenvalue weighted by Crippen LogP contribution is 2.29. The minimum Gasteiger partial charge on any atom is -0.451 e. The highest BCUT2D eigenvalue weighted by molar-refractivity contribution is 7.20. The number of nitrogens with zero attached hydrogens (tertiary/aromatic N) is 3. The van der Waals surface area contributed by atoms with Gasteiger partial charge in [-0.25, -0.2) is 9.18 Å². The van der Waals surface area contributed by atoms with Crippen molar-refractivity contribution in [1.82, 2.24) is 14.7 Å². The molecule has 0 fully saturated rings. The van der Waals surface area contributed by atoms with E-state index in [4.69, 9.17) is 4.74 Å². The molecule has 0 atom stereocenters. The largest absolute Gasteiger partial charge is 0.451 e. The number of hydrogen-bond donors (Lipinski definition) is 0. The number of aromatic nitrogens is 2. The fourth-order valence-corrected chi connectivity index (χ4v) is 4.27. The lowest BCUT2D eigenvalue weighted by molar-refractivity contribution is -0.134. The van der Waals surface area contributed by atoms with Crippen LogP contribution in [0.4, 0.5) is 4.39 Å². The van der Waals surface area contributed by atoms with Crippen LogP contribution in [-0.2, 0) is 22.6 Å². The van der Waals surface area contributed by atoms with E-state index in [-0.39, 0.29) is 24.9 Å². The SMILES string of the molecule is CCN(Cc1cccc(F)c1)C(=O)COC(=O)c1cc2c(C)nn(CC(C)C)c2s1. The Morgan fingerprint density at radius 3 is 2.73 bits per heavy atom. The van der Waals surface area contributed by atoms with Gasteiger partial charge in [-0.3, -0.25) is 9.48 Å². The van der Waals surface area contributed by atoms with E-state index in [1.54, 1.807) is 18.2 Å². The van der Waals surface area contributed by atoms with Crippen LogP contribution in [0.3, 0.4) is 0 Å². The third kappa shape index (κ3) is 5.05. The van der Waals surface area contributed by atoms with Crippen molar-refractivity contribution in [3.8, 4) is 0 Å². The first-order valence-corrected chi connectivity index (χ1v) is 10.8. The number of thiophene rings is 1. The molecule has 0 aliphatic rings. The third-order valence-electron chi connectivity index (χ3n) is 4.67. The first-order valence-electron chi connectivity index (χ1n) is 9.94. The van der Waals surface area contributed by atoms with E-state index in [1.165, 1.54) is 28.4 Å². The van der Waals surface area contributed by atoms with Gasteiger partial charge in [0.25, 0.3) is 5.91 Å². The molecule has 30 heavy (non-hydrogen) atoms. The number of carbonyl (C=O) groups is 2. The molecule has 0 saturated carbocycles. The summed E-state index contributed by atoms with van der Waals surface area (Å²) in [7, 11) is 0. The van der Waals surface area contributed by atoms with Crippen molar-refractivity contribution in [3.05, 3.63) is 52.3 Å². The number of halogens is 1. The van der Waals surface area contributed by atoms with Crippen LogP contribution < -0.4 is 0 Å². The number of fused-ring (bicyclic) bond motifs is 1. The van der Waals surface area contributed by atoms with E-state index in [2.05, 4.69) is 18.9 Å². The molecular formula is C22H26FN3O3S. The summed E-state index contributed by atoms with van der Waals surface area (Å²) in [5, 5.41) is 5.46. The molecule has 3 rings (SSSR count). The first-order chi connectivity index (χ1) is 14.3. The quantitative estimate of drug-likeness (QED) is 0.496. The Morgan fingerprint density at radius 2 is 2.07 bits per heavy atom. The molecule has 0 aliphatic carbocycles. The molecule has 2 aromatic heterocycles. The van der Waals surface area contributed by atoms with Crippen LogP contribution in [0.1, 0.15) is 41.7 Å². The van der Waals surface area contributed by atoms with Gasteiger partial charge in [-0.2, -0.15) is 5.10 Å². The number of rotatable bonds is 8. The molecule has 6 nitrogen and oxygen atoms in total. The summed E-state index contributed by atoms with van der Waals surface area (Å²) in [6, 6.07) is 7.88. The summed E-state index contributed by atoms with van der Waals surface area (Å²) in [6.07, 6.45) is 0. The Labute approximate surface area is 179 Å². The van der Waals surface area contributed by atoms with Crippen LogP contribution in [0.25, 0.3) is 10.2 Å². The lowest BCUT2D eigenvalue weighted by Gasteiger charge is -2.20. The van der Waals surface area contributed by atoms with Crippen LogP contribution in [0.15, 0.2) is 30.3 Å². The monoisotopic (exact) mass is 431 g/mol. The zero-order chi connectivity index (χ0) is 21.8. The number of amides is 1. The van der Waals surface area contributed by atoms with Gasteiger partial charge in [0.15, 0.2) is 6.61 Å². The number of carbonyl (C=O) groups excluding carboxylic acids is 2. The molecule has 0 bridgehead atoms. The maximum atomic E-state index is 13.4. The van der Waals surface area contributed by atoms with Crippen molar-refractivity contribution in [2.75, 3.05) is 13.2 Å². The average molecular weight is 432 g/mol. The van der Waals surface area contributed by atoms with Gasteiger partial charge in [0.1, 0.15) is 15.5 Å². The maximum Gasteiger partial charge on any atom is 0.348 e. The number of aryl methyl sites for hydroxylation is 1. The highest BCUT2D eigenvalue weighted by atomic mass is 32.1. The Hall–Kier alpha value is -2.74. The Balaban J connectivity index is 1.64. The second-order valence-electron chi connectivity index (χ2n) is 7.60. The molecule has 160 valence electrons. The van der Waals surface area contributed by atoms with E-state index in [9.17, 15) is 14.0 Å². The Kier molecular flexibility index (Phi) is 6.87. The van der Waals surface area contributed by atoms with Crippen molar-refractivity contribution in [3.63, 3.8) is 0 Å². The van der Waals surface area contributed by atoms with Crippen molar-refractivity contribution >= 4 is 33.4 Å². The summed E-state index contributed by atoms with van der Waals surface area (Å²) < 4.78 is 20.6. The van der Waals surface area contributed by atoms with E-state index in [0.717, 1.165) is 22.5 Å². The average Bonchev–Trinajstić information content (AvgIpc) is 3.25. The summed E-state index contributed by atoms with van der Waals surface area (Å²) in [4.78, 5) is 27.9. The van der Waals surface area contributed by atoms with Crippen LogP contribution in [0, 0.1) is 18.7 Å². The Morgan fingerprint density at radius 1 is 1.30 bits per heavy atom. The molecule has 8 heteroatoms. The predicted molar refractivity (Wildman–Crippen MR) is 115 cm³/mol. The lowest BCUT2D eigenvalue weighted by atomic mass is 10.2. The topological polar surface area (TPSA) is 64.4 Å². The van der Waals surface area contributed by atoms with Crippen molar-refractivity contribution in [1.29, 1.82) is 0 Å². The molecule has 0 saturated heterocycles. The fourth-order valence-electron chi connectivity index (χ4n) is 3.20. The smallest absolute Gasteiger partial charge is 0.348 e. The maximum absolute atomic E-state index is 13.4. The van der Waals surface area contributed by atoms with Gasteiger partial charge >= 0.3 is 5.97 Å². The lowest BCUT2D eigenvalue weighted by Crippen LogP contribution is -2.34. The second-order valence-corrected chi connectivity index (χ2v) is 8.64. The zero-order valence-corrected chi connectivity index (χ0v) is 18.5. The molecule has 0 unspecified atom stereocenters. The molecule has 1 amide bonds. The minimum absolute atomic E-state index is 0.262. The molecule has 0 spiro atoms. The van der Waals surface area contributed by atoms with Gasteiger partial charge in [-0.1, -0.05) is 26.0 Å². The predicted octanol–water partition coefficient (Wildman–Crippen LogP) is 4.41. The molecule has 0 aliphatic heterocycles. The molecule has 2 heterocycles. The number of ether oxygens (including phenoxy) is 1. The van der Waals surface area contributed by atoms with Crippen molar-refractivity contribution < 1.29 is 18.7 Å². The normalized spacial score (nSPS) is 11.3. The fraction of sp³-hybridized carbons (Fsp3) is 0.409. The molecule has 1 aromatic carbocycles. The summed E-state index contributed by atoms with van der Waals surface area (Å²) >= 11 is 1.32. The Bertz CT molecular complexity index is 1060. The van der Waals surface area contributed by atoms with Gasteiger partial charge in [0.05, 0.1) is 5.69 Å². The molecule has 0 N–H and O–H groups in total. The second kappa shape index (κ2) is 9.38. The summed E-state index contributed by atoms with van der Waals surface area (Å²) in [6.45, 7) is 9.07. The van der Waals surface area contributed by atoms with Crippen molar-refractivity contribution in [2.24, 2.45) is 5.92 Å². The van der Waals surface area contributed by atoms with Crippen molar-refractivity contribution in [2.45, 2.75) is 40.8 Å². The zero-order valence-electron chi connectivity index (χ0n) is 17.6. The van der Waals surface area contributed by atoms with Crippen LogP contribution in [0.5, 0.6) is 0 Å². The van der Waals surface area contributed by atoms with E-state index >= 15 is 0 Å². The molecule has 3 aromatic rings. The first kappa shape index (κ1) is 22.0. The van der Waals surface area contributed by atoms with Crippen LogP contribution >= 0.6 is 11.3 Å². The number of esters is 1. The number of likely N-dealkylation sites (N-methyl/N-ethyl adjacent to an activating group) is 1. The standard InChI is InChI=1S/C22H26FN3O3S/c1-5-25(12-16-7-6-8-17(23)9-16)20(27)13-29-22(28)19-10-18-15(4)24-26(11-14(2)3)21(18)30-19/h6-10,14H,5,11-13H2,1-4H3. The van der Waals surface area contributed by atoms with E-state index in [1.807, 2.05) is 18.5 Å². The summed E-state index contributed by atoms with van der Waals surface area (Å²) in [5.41, 5.74) is 1.55. The summed E-state index contributed by atoms with van der Waals surface area (Å²) in [5.74, 6) is -0.764.